The number of piperidine rings is 1. The molecule has 7 nitrogen and oxygen atoms in total. The minimum absolute atomic E-state index is 0.0116. The summed E-state index contributed by atoms with van der Waals surface area (Å²) in [6, 6.07) is 1.44. The lowest BCUT2D eigenvalue weighted by Gasteiger charge is -2.41. The third-order valence-corrected chi connectivity index (χ3v) is 7.02. The molecule has 2 saturated heterocycles. The molecule has 2 fully saturated rings. The van der Waals surface area contributed by atoms with Gasteiger partial charge in [-0.2, -0.15) is 4.31 Å². The van der Waals surface area contributed by atoms with E-state index in [1.54, 1.807) is 4.90 Å². The first-order valence-electron chi connectivity index (χ1n) is 8.45. The molecule has 2 aliphatic rings. The standard InChI is InChI=1S/C16H26N4O3S/c1-16(2)11-20(8-5-14(16)17)24(22,23)12-9-13(18-10-12)15(21)19-6-3-4-7-19/h9-10,14,18H,3-8,11,17H2,1-2H3. The Morgan fingerprint density at radius 3 is 2.58 bits per heavy atom. The quantitative estimate of drug-likeness (QED) is 0.846. The maximum absolute atomic E-state index is 12.9. The number of sulfonamides is 1. The van der Waals surface area contributed by atoms with Crippen LogP contribution in [0.5, 0.6) is 0 Å². The van der Waals surface area contributed by atoms with Gasteiger partial charge in [0, 0.05) is 38.4 Å². The Balaban J connectivity index is 1.79. The van der Waals surface area contributed by atoms with E-state index in [1.807, 2.05) is 13.8 Å². The minimum atomic E-state index is -3.62. The number of nitrogens with one attached hydrogen (secondary N) is 1. The number of nitrogens with two attached hydrogens (primary N) is 1. The van der Waals surface area contributed by atoms with Crippen molar-refractivity contribution in [2.45, 2.75) is 44.0 Å². The number of likely N-dealkylation sites (tertiary alicyclic amines) is 1. The van der Waals surface area contributed by atoms with Crippen LogP contribution in [0.4, 0.5) is 0 Å². The summed E-state index contributed by atoms with van der Waals surface area (Å²) in [6.07, 6.45) is 4.05. The summed E-state index contributed by atoms with van der Waals surface area (Å²) in [5.74, 6) is -0.130. The predicted octanol–water partition coefficient (Wildman–Crippen LogP) is 0.999. The highest BCUT2D eigenvalue weighted by Gasteiger charge is 2.39. The summed E-state index contributed by atoms with van der Waals surface area (Å²) in [7, 11) is -3.62. The van der Waals surface area contributed by atoms with Gasteiger partial charge in [-0.1, -0.05) is 13.8 Å². The molecule has 2 aliphatic heterocycles. The largest absolute Gasteiger partial charge is 0.356 e. The molecule has 24 heavy (non-hydrogen) atoms. The SMILES string of the molecule is CC1(C)CN(S(=O)(=O)c2c[nH]c(C(=O)N3CCCC3)c2)CCC1N. The Bertz CT molecular complexity index is 719. The molecule has 3 heterocycles. The van der Waals surface area contributed by atoms with E-state index in [4.69, 9.17) is 5.73 Å². The Morgan fingerprint density at radius 1 is 1.29 bits per heavy atom. The summed E-state index contributed by atoms with van der Waals surface area (Å²) in [5.41, 5.74) is 6.16. The normalized spacial score (nSPS) is 25.1. The molecule has 0 aliphatic carbocycles. The average molecular weight is 354 g/mol. The maximum atomic E-state index is 12.9. The molecule has 0 spiro atoms. The fourth-order valence-corrected chi connectivity index (χ4v) is 5.04. The summed E-state index contributed by atoms with van der Waals surface area (Å²) >= 11 is 0. The van der Waals surface area contributed by atoms with Crippen molar-refractivity contribution in [3.8, 4) is 0 Å². The van der Waals surface area contributed by atoms with E-state index in [1.165, 1.54) is 16.6 Å². The van der Waals surface area contributed by atoms with Crippen molar-refractivity contribution in [2.24, 2.45) is 11.1 Å². The molecule has 8 heteroatoms. The fourth-order valence-electron chi connectivity index (χ4n) is 3.42. The molecular formula is C16H26N4O3S. The highest BCUT2D eigenvalue weighted by Crippen LogP contribution is 2.31. The van der Waals surface area contributed by atoms with Crippen LogP contribution in [-0.2, 0) is 10.0 Å². The van der Waals surface area contributed by atoms with Crippen LogP contribution in [0.1, 0.15) is 43.6 Å². The lowest BCUT2D eigenvalue weighted by Crippen LogP contribution is -2.53. The Morgan fingerprint density at radius 2 is 1.96 bits per heavy atom. The van der Waals surface area contributed by atoms with Gasteiger partial charge in [0.1, 0.15) is 10.6 Å². The van der Waals surface area contributed by atoms with Crippen molar-refractivity contribution in [3.05, 3.63) is 18.0 Å². The first-order valence-corrected chi connectivity index (χ1v) is 9.89. The average Bonchev–Trinajstić information content (AvgIpc) is 3.20. The smallest absolute Gasteiger partial charge is 0.270 e. The second kappa shape index (κ2) is 6.16. The third-order valence-electron chi connectivity index (χ3n) is 5.20. The van der Waals surface area contributed by atoms with Crippen LogP contribution in [0, 0.1) is 5.41 Å². The first kappa shape index (κ1) is 17.4. The number of H-pyrrole nitrogens is 1. The lowest BCUT2D eigenvalue weighted by molar-refractivity contribution is 0.0787. The van der Waals surface area contributed by atoms with Crippen molar-refractivity contribution in [2.75, 3.05) is 26.2 Å². The third kappa shape index (κ3) is 3.10. The van der Waals surface area contributed by atoms with Gasteiger partial charge in [-0.25, -0.2) is 8.42 Å². The number of carbonyl (C=O) groups excluding carboxylic acids is 1. The first-order chi connectivity index (χ1) is 11.2. The summed E-state index contributed by atoms with van der Waals surface area (Å²) in [6.45, 7) is 6.23. The van der Waals surface area contributed by atoms with Gasteiger partial charge in [-0.05, 0) is 30.7 Å². The molecule has 3 rings (SSSR count). The maximum Gasteiger partial charge on any atom is 0.270 e. The van der Waals surface area contributed by atoms with E-state index in [-0.39, 0.29) is 22.3 Å². The van der Waals surface area contributed by atoms with Crippen molar-refractivity contribution in [1.82, 2.24) is 14.2 Å². The van der Waals surface area contributed by atoms with Crippen molar-refractivity contribution < 1.29 is 13.2 Å². The Labute approximate surface area is 143 Å². The molecule has 1 atom stereocenters. The molecule has 1 aromatic rings. The van der Waals surface area contributed by atoms with Gasteiger partial charge in [0.15, 0.2) is 0 Å². The molecule has 0 radical (unpaired) electrons. The molecule has 0 bridgehead atoms. The zero-order chi connectivity index (χ0) is 17.5. The van der Waals surface area contributed by atoms with Crippen molar-refractivity contribution >= 4 is 15.9 Å². The van der Waals surface area contributed by atoms with Gasteiger partial charge in [-0.3, -0.25) is 4.79 Å². The van der Waals surface area contributed by atoms with E-state index >= 15 is 0 Å². The number of amides is 1. The zero-order valence-corrected chi connectivity index (χ0v) is 15.1. The van der Waals surface area contributed by atoms with Gasteiger partial charge in [-0.15, -0.1) is 0 Å². The van der Waals surface area contributed by atoms with Crippen molar-refractivity contribution in [3.63, 3.8) is 0 Å². The highest BCUT2D eigenvalue weighted by atomic mass is 32.2. The number of hydrogen-bond donors (Lipinski definition) is 2. The van der Waals surface area contributed by atoms with Gasteiger partial charge in [0.25, 0.3) is 5.91 Å². The molecule has 134 valence electrons. The molecule has 1 aromatic heterocycles. The summed E-state index contributed by atoms with van der Waals surface area (Å²) < 4.78 is 27.2. The van der Waals surface area contributed by atoms with Crippen LogP contribution in [-0.4, -0.2) is 60.7 Å². The van der Waals surface area contributed by atoms with Crippen LogP contribution in [0.15, 0.2) is 17.2 Å². The van der Waals surface area contributed by atoms with E-state index in [9.17, 15) is 13.2 Å². The minimum Gasteiger partial charge on any atom is -0.356 e. The summed E-state index contributed by atoms with van der Waals surface area (Å²) in [5, 5.41) is 0. The van der Waals surface area contributed by atoms with E-state index in [2.05, 4.69) is 4.98 Å². The molecular weight excluding hydrogens is 328 g/mol. The second-order valence-electron chi connectivity index (χ2n) is 7.47. The Kier molecular flexibility index (Phi) is 4.48. The number of carbonyl (C=O) groups is 1. The second-order valence-corrected chi connectivity index (χ2v) is 9.41. The van der Waals surface area contributed by atoms with Crippen LogP contribution in [0.3, 0.4) is 0 Å². The van der Waals surface area contributed by atoms with E-state index in [0.29, 0.717) is 25.2 Å². The van der Waals surface area contributed by atoms with Crippen molar-refractivity contribution in [1.29, 1.82) is 0 Å². The van der Waals surface area contributed by atoms with Crippen LogP contribution in [0.25, 0.3) is 0 Å². The molecule has 0 saturated carbocycles. The van der Waals surface area contributed by atoms with Gasteiger partial charge in [0.2, 0.25) is 10.0 Å². The Hall–Kier alpha value is -1.38. The molecule has 0 aromatic carbocycles. The lowest BCUT2D eigenvalue weighted by atomic mass is 9.81. The number of hydrogen-bond acceptors (Lipinski definition) is 4. The van der Waals surface area contributed by atoms with Crippen LogP contribution < -0.4 is 5.73 Å². The molecule has 3 N–H and O–H groups in total. The zero-order valence-electron chi connectivity index (χ0n) is 14.3. The van der Waals surface area contributed by atoms with Crippen LogP contribution >= 0.6 is 0 Å². The molecule has 1 unspecified atom stereocenters. The summed E-state index contributed by atoms with van der Waals surface area (Å²) in [4.78, 5) is 17.1. The van der Waals surface area contributed by atoms with Gasteiger partial charge < -0.3 is 15.6 Å². The number of nitrogens with zero attached hydrogens (tertiary/aromatic N) is 2. The number of aromatic amines is 1. The highest BCUT2D eigenvalue weighted by molar-refractivity contribution is 7.89. The van der Waals surface area contributed by atoms with E-state index in [0.717, 1.165) is 25.9 Å². The number of aromatic nitrogens is 1. The monoisotopic (exact) mass is 354 g/mol. The van der Waals surface area contributed by atoms with E-state index < -0.39 is 10.0 Å². The predicted molar refractivity (Wildman–Crippen MR) is 91.1 cm³/mol. The molecule has 1 amide bonds. The topological polar surface area (TPSA) is 99.5 Å². The fraction of sp³-hybridized carbons (Fsp3) is 0.688. The van der Waals surface area contributed by atoms with Gasteiger partial charge in [0.05, 0.1) is 0 Å². The van der Waals surface area contributed by atoms with Crippen LogP contribution in [0.2, 0.25) is 0 Å². The number of rotatable bonds is 3. The van der Waals surface area contributed by atoms with Gasteiger partial charge >= 0.3 is 0 Å².